The molecule has 102 valence electrons. The number of thioether (sulfide) groups is 1. The first kappa shape index (κ1) is 14.1. The van der Waals surface area contributed by atoms with Crippen molar-refractivity contribution in [2.75, 3.05) is 18.8 Å². The van der Waals surface area contributed by atoms with Gasteiger partial charge in [-0.15, -0.1) is 11.8 Å². The third kappa shape index (κ3) is 2.68. The quantitative estimate of drug-likeness (QED) is 0.530. The van der Waals surface area contributed by atoms with Crippen molar-refractivity contribution >= 4 is 30.4 Å². The fourth-order valence-electron chi connectivity index (χ4n) is 2.18. The van der Waals surface area contributed by atoms with Gasteiger partial charge in [-0.1, -0.05) is 0 Å². The first-order chi connectivity index (χ1) is 8.75. The molecule has 0 bridgehead atoms. The number of nitrogens with zero attached hydrogens (tertiary/aromatic N) is 3. The maximum Gasteiger partial charge on any atom is 0.198 e. The predicted molar refractivity (Wildman–Crippen MR) is 67.3 cm³/mol. The van der Waals surface area contributed by atoms with Crippen LogP contribution in [-0.2, 0) is 0 Å². The van der Waals surface area contributed by atoms with Crippen LogP contribution in [0.15, 0.2) is 33.8 Å². The van der Waals surface area contributed by atoms with Gasteiger partial charge in [0.2, 0.25) is 0 Å². The van der Waals surface area contributed by atoms with Crippen LogP contribution >= 0.6 is 11.8 Å². The minimum Gasteiger partial charge on any atom is -1.00 e. The first-order valence-electron chi connectivity index (χ1n) is 5.68. The summed E-state index contributed by atoms with van der Waals surface area (Å²) in [6.07, 6.45) is 6.14. The molecule has 8 heteroatoms. The molecule has 3 aliphatic heterocycles. The smallest absolute Gasteiger partial charge is 0.198 e. The van der Waals surface area contributed by atoms with Gasteiger partial charge >= 0.3 is 0 Å². The van der Waals surface area contributed by atoms with Crippen LogP contribution in [0.25, 0.3) is 0 Å². The minimum absolute atomic E-state index is 0. The molecule has 19 heavy (non-hydrogen) atoms. The molecule has 3 rings (SSSR count). The van der Waals surface area contributed by atoms with Crippen molar-refractivity contribution < 1.29 is 27.2 Å². The lowest BCUT2D eigenvalue weighted by atomic mass is 10.2. The number of aliphatic imine (C=N–C) groups is 2. The van der Waals surface area contributed by atoms with E-state index < -0.39 is 6.09 Å². The summed E-state index contributed by atoms with van der Waals surface area (Å²) < 4.78 is 0. The molecule has 6 nitrogen and oxygen atoms in total. The standard InChI is InChI=1S/C11H12N4O2S.ClH/c16-11(17)14-3-4-18-9(6-14)10-8-5-12-1-2-15(8)7-13-10;/h1-2,5,7,9H,3-4,6H2,(H,16,17);1H/p-1. The van der Waals surface area contributed by atoms with Gasteiger partial charge in [0.25, 0.3) is 0 Å². The Bertz CT molecular complexity index is 503. The molecule has 0 radical (unpaired) electrons. The van der Waals surface area contributed by atoms with Crippen LogP contribution < -0.4 is 22.4 Å². The maximum absolute atomic E-state index is 10.9. The van der Waals surface area contributed by atoms with Crippen LogP contribution in [0.3, 0.4) is 0 Å². The lowest BCUT2D eigenvalue weighted by Crippen LogP contribution is -3.04. The normalized spacial score (nSPS) is 28.3. The lowest BCUT2D eigenvalue weighted by Gasteiger charge is -2.33. The van der Waals surface area contributed by atoms with Crippen LogP contribution in [0.1, 0.15) is 0 Å². The number of carbonyl (C=O) groups excluding carboxylic acids is 1. The Morgan fingerprint density at radius 1 is 1.58 bits per heavy atom. The zero-order valence-corrected chi connectivity index (χ0v) is 11.5. The summed E-state index contributed by atoms with van der Waals surface area (Å²) in [7, 11) is 0. The summed E-state index contributed by atoms with van der Waals surface area (Å²) in [6.45, 7) is 0.967. The van der Waals surface area contributed by atoms with E-state index in [1.54, 1.807) is 24.2 Å². The van der Waals surface area contributed by atoms with Crippen molar-refractivity contribution in [2.45, 2.75) is 5.25 Å². The average molecular weight is 300 g/mol. The highest BCUT2D eigenvalue weighted by Crippen LogP contribution is 2.27. The second kappa shape index (κ2) is 5.77. The van der Waals surface area contributed by atoms with E-state index in [0.717, 1.165) is 22.0 Å². The summed E-state index contributed by atoms with van der Waals surface area (Å²) in [5.41, 5.74) is 1.93. The van der Waals surface area contributed by atoms with Crippen molar-refractivity contribution in [3.63, 3.8) is 0 Å². The highest BCUT2D eigenvalue weighted by atomic mass is 35.5. The number of carbonyl (C=O) groups is 1. The minimum atomic E-state index is -1.10. The Kier molecular flexibility index (Phi) is 4.28. The van der Waals surface area contributed by atoms with Gasteiger partial charge in [-0.05, 0) is 0 Å². The second-order valence-corrected chi connectivity index (χ2v) is 5.49. The monoisotopic (exact) mass is 299 g/mol. The molecule has 0 aromatic heterocycles. The lowest BCUT2D eigenvalue weighted by molar-refractivity contribution is -0.682. The molecule has 0 aromatic carbocycles. The van der Waals surface area contributed by atoms with E-state index >= 15 is 0 Å². The van der Waals surface area contributed by atoms with Gasteiger partial charge in [0.1, 0.15) is 18.0 Å². The van der Waals surface area contributed by atoms with E-state index in [4.69, 9.17) is 0 Å². The molecule has 2 atom stereocenters. The number of rotatable bonds is 1. The summed E-state index contributed by atoms with van der Waals surface area (Å²) in [4.78, 5) is 21.8. The zero-order valence-electron chi connectivity index (χ0n) is 9.95. The van der Waals surface area contributed by atoms with Crippen molar-refractivity contribution in [3.8, 4) is 0 Å². The maximum atomic E-state index is 10.9. The molecular weight excluding hydrogens is 288 g/mol. The van der Waals surface area contributed by atoms with Crippen molar-refractivity contribution in [3.05, 3.63) is 23.8 Å². The van der Waals surface area contributed by atoms with E-state index in [2.05, 4.69) is 9.98 Å². The van der Waals surface area contributed by atoms with E-state index in [1.165, 1.54) is 4.90 Å². The number of fused-ring (bicyclic) bond motifs is 1. The van der Waals surface area contributed by atoms with Gasteiger partial charge in [-0.3, -0.25) is 4.99 Å². The molecule has 1 saturated heterocycles. The molecule has 3 heterocycles. The summed E-state index contributed by atoms with van der Waals surface area (Å²) >= 11 is 1.73. The number of quaternary nitrogens is 1. The number of nitrogens with one attached hydrogen (secondary N) is 1. The number of allylic oxidation sites excluding steroid dienone is 1. The molecule has 0 saturated carbocycles. The van der Waals surface area contributed by atoms with Gasteiger partial charge in [0.05, 0.1) is 17.7 Å². The second-order valence-electron chi connectivity index (χ2n) is 4.18. The van der Waals surface area contributed by atoms with Gasteiger partial charge < -0.3 is 27.2 Å². The summed E-state index contributed by atoms with van der Waals surface area (Å²) in [6, 6.07) is 0. The molecule has 0 aromatic rings. The first-order valence-corrected chi connectivity index (χ1v) is 6.73. The van der Waals surface area contributed by atoms with Crippen molar-refractivity contribution in [2.24, 2.45) is 9.98 Å². The van der Waals surface area contributed by atoms with Crippen molar-refractivity contribution in [1.29, 1.82) is 0 Å². The van der Waals surface area contributed by atoms with Crippen LogP contribution in [-0.4, -0.2) is 47.6 Å². The molecule has 3 aliphatic rings. The largest absolute Gasteiger partial charge is 1.00 e. The van der Waals surface area contributed by atoms with Gasteiger partial charge in [0, 0.05) is 18.8 Å². The molecule has 1 amide bonds. The van der Waals surface area contributed by atoms with E-state index in [1.807, 2.05) is 12.5 Å². The van der Waals surface area contributed by atoms with Crippen LogP contribution in [0, 0.1) is 0 Å². The van der Waals surface area contributed by atoms with E-state index in [0.29, 0.717) is 13.1 Å². The van der Waals surface area contributed by atoms with Crippen molar-refractivity contribution in [1.82, 2.24) is 4.90 Å². The predicted octanol–water partition coefficient (Wildman–Crippen LogP) is -4.55. The molecule has 0 spiro atoms. The Hall–Kier alpha value is -1.31. The van der Waals surface area contributed by atoms with E-state index in [-0.39, 0.29) is 17.7 Å². The fraction of sp³-hybridized carbons (Fsp3) is 0.364. The Morgan fingerprint density at radius 2 is 2.42 bits per heavy atom. The Morgan fingerprint density at radius 3 is 3.21 bits per heavy atom. The molecule has 1 N–H and O–H groups in total. The summed E-state index contributed by atoms with van der Waals surface area (Å²) in [5.74, 6) is 0.771. The average Bonchev–Trinajstić information content (AvgIpc) is 2.82. The number of halogens is 1. The van der Waals surface area contributed by atoms with E-state index in [9.17, 15) is 9.90 Å². The van der Waals surface area contributed by atoms with Crippen LogP contribution in [0.5, 0.6) is 0 Å². The number of hydrogen-bond donors (Lipinski definition) is 1. The molecule has 1 fully saturated rings. The SMILES string of the molecule is O=C([O-])N1CCSC(C2=C3C=NC=C[NH+]3C=N2)C1.[Cl-]. The fourth-order valence-corrected chi connectivity index (χ4v) is 3.42. The van der Waals surface area contributed by atoms with Crippen LogP contribution in [0.2, 0.25) is 0 Å². The van der Waals surface area contributed by atoms with Gasteiger partial charge in [-0.25, -0.2) is 4.90 Å². The van der Waals surface area contributed by atoms with Gasteiger partial charge in [-0.2, -0.15) is 4.99 Å². The molecule has 2 unspecified atom stereocenters. The van der Waals surface area contributed by atoms with Crippen LogP contribution in [0.4, 0.5) is 4.79 Å². The zero-order chi connectivity index (χ0) is 12.5. The topological polar surface area (TPSA) is 72.5 Å². The highest BCUT2D eigenvalue weighted by molar-refractivity contribution is 8.00. The van der Waals surface area contributed by atoms with Gasteiger partial charge in [0.15, 0.2) is 12.0 Å². The number of amides is 1. The summed E-state index contributed by atoms with van der Waals surface area (Å²) in [5, 5.41) is 11.0. The number of carboxylic acid groups (broad SMARTS) is 1. The highest BCUT2D eigenvalue weighted by Gasteiger charge is 2.32. The molecule has 0 aliphatic carbocycles. The Balaban J connectivity index is 0.00000133. The molecular formula is C11H12ClN4O2S-. The Labute approximate surface area is 121 Å². The third-order valence-corrected chi connectivity index (χ3v) is 4.30. The number of hydrogen-bond acceptors (Lipinski definition) is 5. The third-order valence-electron chi connectivity index (χ3n) is 3.10.